The van der Waals surface area contributed by atoms with Crippen LogP contribution >= 0.6 is 22.6 Å². The minimum absolute atomic E-state index is 0.615. The number of hydrogen-bond acceptors (Lipinski definition) is 2. The Morgan fingerprint density at radius 3 is 2.68 bits per heavy atom. The largest absolute Gasteiger partial charge is 0.382 e. The monoisotopic (exact) mass is 409 g/mol. The van der Waals surface area contributed by atoms with Gasteiger partial charge in [-0.15, -0.1) is 0 Å². The molecule has 2 aliphatic rings. The second kappa shape index (κ2) is 6.04. The van der Waals surface area contributed by atoms with E-state index in [1.807, 2.05) is 0 Å². The summed E-state index contributed by atoms with van der Waals surface area (Å²) in [6.07, 6.45) is 7.58. The number of piperidine rings is 1. The van der Waals surface area contributed by atoms with E-state index >= 15 is 0 Å². The Morgan fingerprint density at radius 1 is 1.18 bits per heavy atom. The predicted octanol–water partition coefficient (Wildman–Crippen LogP) is 4.16. The Labute approximate surface area is 146 Å². The van der Waals surface area contributed by atoms with Crippen LogP contribution in [0.3, 0.4) is 0 Å². The number of anilines is 1. The zero-order valence-electron chi connectivity index (χ0n) is 13.2. The molecule has 22 heavy (non-hydrogen) atoms. The van der Waals surface area contributed by atoms with E-state index in [1.165, 1.54) is 65.5 Å². The number of nitrogens with one attached hydrogen (secondary N) is 1. The van der Waals surface area contributed by atoms with E-state index in [2.05, 4.69) is 68.8 Å². The predicted molar refractivity (Wildman–Crippen MR) is 102 cm³/mol. The van der Waals surface area contributed by atoms with Gasteiger partial charge in [-0.3, -0.25) is 0 Å². The van der Waals surface area contributed by atoms with Crippen LogP contribution in [-0.2, 0) is 6.54 Å². The molecular weight excluding hydrogens is 385 g/mol. The average molecular weight is 409 g/mol. The molecule has 1 aromatic heterocycles. The van der Waals surface area contributed by atoms with Crippen molar-refractivity contribution in [2.45, 2.75) is 38.3 Å². The molecule has 118 valence electrons. The molecular formula is C18H24IN3. The van der Waals surface area contributed by atoms with Crippen LogP contribution in [0.4, 0.5) is 5.69 Å². The second-order valence-electron chi connectivity index (χ2n) is 7.02. The zero-order chi connectivity index (χ0) is 15.1. The molecule has 1 saturated carbocycles. The summed E-state index contributed by atoms with van der Waals surface area (Å²) in [7, 11) is 2.22. The van der Waals surface area contributed by atoms with Crippen LogP contribution in [0.25, 0.3) is 10.9 Å². The molecule has 4 rings (SSSR count). The molecule has 1 N–H and O–H groups in total. The van der Waals surface area contributed by atoms with Gasteiger partial charge < -0.3 is 14.8 Å². The fourth-order valence-corrected chi connectivity index (χ4v) is 4.10. The molecule has 0 bridgehead atoms. The minimum Gasteiger partial charge on any atom is -0.382 e. The van der Waals surface area contributed by atoms with Crippen LogP contribution in [0.5, 0.6) is 0 Å². The Hall–Kier alpha value is -0.750. The van der Waals surface area contributed by atoms with E-state index in [0.717, 1.165) is 5.92 Å². The smallest absolute Gasteiger partial charge is 0.0511 e. The van der Waals surface area contributed by atoms with Crippen molar-refractivity contribution in [1.29, 1.82) is 0 Å². The van der Waals surface area contributed by atoms with Crippen LogP contribution in [0, 0.1) is 9.49 Å². The first-order valence-corrected chi connectivity index (χ1v) is 9.50. The zero-order valence-corrected chi connectivity index (χ0v) is 15.3. The highest BCUT2D eigenvalue weighted by atomic mass is 127. The maximum absolute atomic E-state index is 3.82. The Balaban J connectivity index is 1.60. The van der Waals surface area contributed by atoms with E-state index in [4.69, 9.17) is 0 Å². The van der Waals surface area contributed by atoms with Crippen molar-refractivity contribution < 1.29 is 0 Å². The first-order valence-electron chi connectivity index (χ1n) is 8.42. The summed E-state index contributed by atoms with van der Waals surface area (Å²) >= 11 is 2.45. The van der Waals surface area contributed by atoms with Gasteiger partial charge in [0, 0.05) is 33.4 Å². The topological polar surface area (TPSA) is 20.2 Å². The summed E-state index contributed by atoms with van der Waals surface area (Å²) in [4.78, 5) is 2.43. The maximum Gasteiger partial charge on any atom is 0.0511 e. The molecule has 0 atom stereocenters. The number of benzene rings is 1. The molecule has 1 aliphatic heterocycles. The van der Waals surface area contributed by atoms with Crippen LogP contribution in [0.2, 0.25) is 0 Å². The lowest BCUT2D eigenvalue weighted by Crippen LogP contribution is -2.36. The summed E-state index contributed by atoms with van der Waals surface area (Å²) in [5.74, 6) is 0.916. The summed E-state index contributed by atoms with van der Waals surface area (Å²) in [6.45, 7) is 3.60. The standard InChI is InChI=1S/C18H24IN3/c1-21-7-4-15(5-8-21)20-17-10-14(19)11-18-16(17)6-9-22(18)12-13-2-3-13/h6,9-11,13,15,20H,2-5,7-8,12H2,1H3. The van der Waals surface area contributed by atoms with Crippen molar-refractivity contribution in [3.05, 3.63) is 28.0 Å². The maximum atomic E-state index is 3.82. The van der Waals surface area contributed by atoms with Crippen molar-refractivity contribution in [3.63, 3.8) is 0 Å². The number of nitrogens with zero attached hydrogens (tertiary/aromatic N) is 2. The molecule has 2 fully saturated rings. The quantitative estimate of drug-likeness (QED) is 0.766. The van der Waals surface area contributed by atoms with E-state index in [1.54, 1.807) is 0 Å². The molecule has 1 saturated heterocycles. The van der Waals surface area contributed by atoms with Gasteiger partial charge in [0.1, 0.15) is 0 Å². The van der Waals surface area contributed by atoms with Gasteiger partial charge in [-0.1, -0.05) is 0 Å². The molecule has 0 radical (unpaired) electrons. The number of fused-ring (bicyclic) bond motifs is 1. The normalized spacial score (nSPS) is 20.6. The lowest BCUT2D eigenvalue weighted by atomic mass is 10.0. The molecule has 0 unspecified atom stereocenters. The highest BCUT2D eigenvalue weighted by molar-refractivity contribution is 14.1. The summed E-state index contributed by atoms with van der Waals surface area (Å²) in [6, 6.07) is 7.55. The number of hydrogen-bond donors (Lipinski definition) is 1. The Morgan fingerprint density at radius 2 is 1.95 bits per heavy atom. The molecule has 2 heterocycles. The van der Waals surface area contributed by atoms with E-state index in [-0.39, 0.29) is 0 Å². The third-order valence-corrected chi connectivity index (χ3v) is 5.71. The van der Waals surface area contributed by atoms with Crippen molar-refractivity contribution in [1.82, 2.24) is 9.47 Å². The molecule has 4 heteroatoms. The van der Waals surface area contributed by atoms with Crippen LogP contribution in [-0.4, -0.2) is 35.6 Å². The molecule has 3 nitrogen and oxygen atoms in total. The fourth-order valence-electron chi connectivity index (χ4n) is 3.49. The number of likely N-dealkylation sites (tertiary alicyclic amines) is 1. The second-order valence-corrected chi connectivity index (χ2v) is 8.27. The minimum atomic E-state index is 0.615. The molecule has 1 aromatic carbocycles. The summed E-state index contributed by atoms with van der Waals surface area (Å²) in [5.41, 5.74) is 2.72. The summed E-state index contributed by atoms with van der Waals surface area (Å²) in [5, 5.41) is 5.21. The Kier molecular flexibility index (Phi) is 4.07. The van der Waals surface area contributed by atoms with Gasteiger partial charge in [0.25, 0.3) is 0 Å². The fraction of sp³-hybridized carbons (Fsp3) is 0.556. The van der Waals surface area contributed by atoms with Crippen molar-refractivity contribution in [2.24, 2.45) is 5.92 Å². The lowest BCUT2D eigenvalue weighted by Gasteiger charge is -2.30. The highest BCUT2D eigenvalue weighted by Gasteiger charge is 2.23. The average Bonchev–Trinajstić information content (AvgIpc) is 3.22. The van der Waals surface area contributed by atoms with Crippen molar-refractivity contribution >= 4 is 39.2 Å². The summed E-state index contributed by atoms with van der Waals surface area (Å²) < 4.78 is 3.78. The third-order valence-electron chi connectivity index (χ3n) is 5.08. The van der Waals surface area contributed by atoms with Crippen molar-refractivity contribution in [3.8, 4) is 0 Å². The molecule has 1 aliphatic carbocycles. The van der Waals surface area contributed by atoms with Crippen LogP contribution in [0.1, 0.15) is 25.7 Å². The first kappa shape index (κ1) is 14.8. The number of halogens is 1. The van der Waals surface area contributed by atoms with Crippen LogP contribution in [0.15, 0.2) is 24.4 Å². The van der Waals surface area contributed by atoms with Gasteiger partial charge in [0.05, 0.1) is 5.52 Å². The first-order chi connectivity index (χ1) is 10.7. The van der Waals surface area contributed by atoms with Gasteiger partial charge in [0.15, 0.2) is 0 Å². The third kappa shape index (κ3) is 3.13. The highest BCUT2D eigenvalue weighted by Crippen LogP contribution is 2.34. The molecule has 2 aromatic rings. The van der Waals surface area contributed by atoms with Gasteiger partial charge in [0.2, 0.25) is 0 Å². The van der Waals surface area contributed by atoms with E-state index in [0.29, 0.717) is 6.04 Å². The van der Waals surface area contributed by atoms with Gasteiger partial charge in [-0.25, -0.2) is 0 Å². The van der Waals surface area contributed by atoms with Crippen LogP contribution < -0.4 is 5.32 Å². The van der Waals surface area contributed by atoms with Gasteiger partial charge in [-0.05, 0) is 92.5 Å². The van der Waals surface area contributed by atoms with Crippen molar-refractivity contribution in [2.75, 3.05) is 25.5 Å². The van der Waals surface area contributed by atoms with E-state index in [9.17, 15) is 0 Å². The van der Waals surface area contributed by atoms with Gasteiger partial charge in [-0.2, -0.15) is 0 Å². The molecule has 0 spiro atoms. The molecule has 0 amide bonds. The number of rotatable bonds is 4. The SMILES string of the molecule is CN1CCC(Nc2cc(I)cc3c2ccn3CC2CC2)CC1. The van der Waals surface area contributed by atoms with E-state index < -0.39 is 0 Å². The Bertz CT molecular complexity index is 666. The van der Waals surface area contributed by atoms with Gasteiger partial charge >= 0.3 is 0 Å². The lowest BCUT2D eigenvalue weighted by molar-refractivity contribution is 0.264. The number of aromatic nitrogens is 1.